The topological polar surface area (TPSA) is 66.9 Å². The molecule has 0 spiro atoms. The Morgan fingerprint density at radius 2 is 1.85 bits per heavy atom. The van der Waals surface area contributed by atoms with Gasteiger partial charge in [0.15, 0.2) is 0 Å². The maximum absolute atomic E-state index is 12.6. The maximum Gasteiger partial charge on any atom is 0.274 e. The summed E-state index contributed by atoms with van der Waals surface area (Å²) in [5, 5.41) is 6.21. The fraction of sp³-hybridized carbons (Fsp3) is 0.190. The van der Waals surface area contributed by atoms with Crippen molar-refractivity contribution in [3.63, 3.8) is 0 Å². The van der Waals surface area contributed by atoms with Crippen molar-refractivity contribution in [1.82, 2.24) is 9.97 Å². The highest BCUT2D eigenvalue weighted by atomic mass is 16.1. The van der Waals surface area contributed by atoms with Crippen molar-refractivity contribution < 1.29 is 4.79 Å². The van der Waals surface area contributed by atoms with Gasteiger partial charge in [0.05, 0.1) is 0 Å². The van der Waals surface area contributed by atoms with Gasteiger partial charge in [0.2, 0.25) is 0 Å². The molecule has 5 nitrogen and oxygen atoms in total. The number of anilines is 2. The van der Waals surface area contributed by atoms with Crippen LogP contribution in [-0.2, 0) is 13.0 Å². The normalized spacial score (nSPS) is 10.4. The molecular formula is C21H22N4O. The van der Waals surface area contributed by atoms with Gasteiger partial charge < -0.3 is 10.6 Å². The number of hydrogen-bond donors (Lipinski definition) is 2. The molecule has 26 heavy (non-hydrogen) atoms. The fourth-order valence-electron chi connectivity index (χ4n) is 2.75. The van der Waals surface area contributed by atoms with Crippen LogP contribution < -0.4 is 10.6 Å². The molecule has 0 unspecified atom stereocenters. The average Bonchev–Trinajstić information content (AvgIpc) is 2.69. The van der Waals surface area contributed by atoms with Crippen molar-refractivity contribution in [1.29, 1.82) is 0 Å². The van der Waals surface area contributed by atoms with E-state index in [4.69, 9.17) is 0 Å². The summed E-state index contributed by atoms with van der Waals surface area (Å²) < 4.78 is 0. The SMILES string of the molecule is CCc1cccc(C)c1NC(=O)c1cc(NCc2ccccc2)ncn1. The molecule has 0 aliphatic rings. The summed E-state index contributed by atoms with van der Waals surface area (Å²) in [5.74, 6) is 0.383. The predicted octanol–water partition coefficient (Wildman–Crippen LogP) is 4.21. The summed E-state index contributed by atoms with van der Waals surface area (Å²) >= 11 is 0. The first-order valence-corrected chi connectivity index (χ1v) is 8.67. The van der Waals surface area contributed by atoms with Gasteiger partial charge in [-0.25, -0.2) is 9.97 Å². The van der Waals surface area contributed by atoms with Gasteiger partial charge in [-0.05, 0) is 30.0 Å². The van der Waals surface area contributed by atoms with Crippen molar-refractivity contribution in [3.05, 3.63) is 83.3 Å². The molecule has 3 rings (SSSR count). The molecule has 0 bridgehead atoms. The number of aromatic nitrogens is 2. The summed E-state index contributed by atoms with van der Waals surface area (Å²) in [4.78, 5) is 20.9. The maximum atomic E-state index is 12.6. The number of hydrogen-bond acceptors (Lipinski definition) is 4. The lowest BCUT2D eigenvalue weighted by atomic mass is 10.1. The third kappa shape index (κ3) is 4.25. The Morgan fingerprint density at radius 3 is 2.62 bits per heavy atom. The molecule has 0 aliphatic heterocycles. The van der Waals surface area contributed by atoms with E-state index in [1.165, 1.54) is 6.33 Å². The molecule has 0 atom stereocenters. The minimum absolute atomic E-state index is 0.237. The monoisotopic (exact) mass is 346 g/mol. The Labute approximate surface area is 153 Å². The first-order valence-electron chi connectivity index (χ1n) is 8.67. The predicted molar refractivity (Wildman–Crippen MR) is 104 cm³/mol. The molecule has 0 fully saturated rings. The second kappa shape index (κ2) is 8.25. The fourth-order valence-corrected chi connectivity index (χ4v) is 2.75. The zero-order chi connectivity index (χ0) is 18.4. The molecule has 0 saturated carbocycles. The zero-order valence-electron chi connectivity index (χ0n) is 15.0. The Morgan fingerprint density at radius 1 is 1.04 bits per heavy atom. The van der Waals surface area contributed by atoms with Gasteiger partial charge in [-0.2, -0.15) is 0 Å². The van der Waals surface area contributed by atoms with E-state index in [0.29, 0.717) is 18.1 Å². The van der Waals surface area contributed by atoms with Crippen LogP contribution >= 0.6 is 0 Å². The Bertz CT molecular complexity index is 894. The molecule has 5 heteroatoms. The van der Waals surface area contributed by atoms with Gasteiger partial charge in [0, 0.05) is 18.3 Å². The Balaban J connectivity index is 1.72. The zero-order valence-corrected chi connectivity index (χ0v) is 15.0. The van der Waals surface area contributed by atoms with Crippen molar-refractivity contribution in [2.45, 2.75) is 26.8 Å². The highest BCUT2D eigenvalue weighted by molar-refractivity contribution is 6.04. The van der Waals surface area contributed by atoms with E-state index in [1.807, 2.05) is 55.5 Å². The number of nitrogens with one attached hydrogen (secondary N) is 2. The van der Waals surface area contributed by atoms with Crippen molar-refractivity contribution in [2.75, 3.05) is 10.6 Å². The standard InChI is InChI=1S/C21H22N4O/c1-3-17-11-7-8-15(2)20(17)25-21(26)18-12-19(24-14-23-18)22-13-16-9-5-4-6-10-16/h4-12,14H,3,13H2,1-2H3,(H,25,26)(H,22,23,24). The lowest BCUT2D eigenvalue weighted by molar-refractivity contribution is 0.102. The molecule has 1 heterocycles. The van der Waals surface area contributed by atoms with Crippen molar-refractivity contribution in [3.8, 4) is 0 Å². The van der Waals surface area contributed by atoms with Gasteiger partial charge in [0.25, 0.3) is 5.91 Å². The molecule has 0 radical (unpaired) electrons. The number of para-hydroxylation sites is 1. The Kier molecular flexibility index (Phi) is 5.59. The number of nitrogens with zero attached hydrogens (tertiary/aromatic N) is 2. The number of carbonyl (C=O) groups is 1. The minimum Gasteiger partial charge on any atom is -0.366 e. The molecule has 1 aromatic heterocycles. The smallest absolute Gasteiger partial charge is 0.274 e. The first kappa shape index (κ1) is 17.6. The highest BCUT2D eigenvalue weighted by Crippen LogP contribution is 2.21. The third-order valence-electron chi connectivity index (χ3n) is 4.19. The van der Waals surface area contributed by atoms with Crippen molar-refractivity contribution in [2.24, 2.45) is 0 Å². The van der Waals surface area contributed by atoms with Gasteiger partial charge >= 0.3 is 0 Å². The summed E-state index contributed by atoms with van der Waals surface area (Å²) in [6.45, 7) is 4.69. The van der Waals surface area contributed by atoms with Crippen LogP contribution in [0.2, 0.25) is 0 Å². The lowest BCUT2D eigenvalue weighted by Crippen LogP contribution is -2.16. The van der Waals surface area contributed by atoms with E-state index >= 15 is 0 Å². The van der Waals surface area contributed by atoms with Crippen LogP contribution in [0.3, 0.4) is 0 Å². The minimum atomic E-state index is -0.237. The summed E-state index contributed by atoms with van der Waals surface area (Å²) in [6, 6.07) is 17.7. The van der Waals surface area contributed by atoms with E-state index < -0.39 is 0 Å². The number of carbonyl (C=O) groups excluding carboxylic acids is 1. The van der Waals surface area contributed by atoms with E-state index in [1.54, 1.807) is 6.07 Å². The molecule has 132 valence electrons. The first-order chi connectivity index (χ1) is 12.7. The summed E-state index contributed by atoms with van der Waals surface area (Å²) in [6.07, 6.45) is 2.26. The molecule has 2 aromatic carbocycles. The average molecular weight is 346 g/mol. The van der Waals surface area contributed by atoms with Crippen LogP contribution in [0.15, 0.2) is 60.9 Å². The largest absolute Gasteiger partial charge is 0.366 e. The molecular weight excluding hydrogens is 324 g/mol. The van der Waals surface area contributed by atoms with Crippen LogP contribution in [0.25, 0.3) is 0 Å². The summed E-state index contributed by atoms with van der Waals surface area (Å²) in [5.41, 5.74) is 4.48. The molecule has 1 amide bonds. The van der Waals surface area contributed by atoms with Crippen molar-refractivity contribution >= 4 is 17.4 Å². The van der Waals surface area contributed by atoms with Crippen LogP contribution in [0.5, 0.6) is 0 Å². The number of aryl methyl sites for hydroxylation is 2. The molecule has 2 N–H and O–H groups in total. The molecule has 0 aliphatic carbocycles. The second-order valence-electron chi connectivity index (χ2n) is 6.04. The van der Waals surface area contributed by atoms with Gasteiger partial charge in [-0.1, -0.05) is 55.5 Å². The van der Waals surface area contributed by atoms with E-state index in [9.17, 15) is 4.79 Å². The molecule has 0 saturated heterocycles. The highest BCUT2D eigenvalue weighted by Gasteiger charge is 2.12. The lowest BCUT2D eigenvalue weighted by Gasteiger charge is -2.13. The number of amides is 1. The van der Waals surface area contributed by atoms with Crippen LogP contribution in [0.1, 0.15) is 34.1 Å². The summed E-state index contributed by atoms with van der Waals surface area (Å²) in [7, 11) is 0. The quantitative estimate of drug-likeness (QED) is 0.701. The third-order valence-corrected chi connectivity index (χ3v) is 4.19. The van der Waals surface area contributed by atoms with Gasteiger partial charge in [-0.15, -0.1) is 0 Å². The second-order valence-corrected chi connectivity index (χ2v) is 6.04. The van der Waals surface area contributed by atoms with Gasteiger partial charge in [0.1, 0.15) is 17.8 Å². The molecule has 3 aromatic rings. The van der Waals surface area contributed by atoms with Crippen LogP contribution in [-0.4, -0.2) is 15.9 Å². The Hall–Kier alpha value is -3.21. The van der Waals surface area contributed by atoms with E-state index in [2.05, 4.69) is 27.5 Å². The van der Waals surface area contributed by atoms with Crippen LogP contribution in [0.4, 0.5) is 11.5 Å². The van der Waals surface area contributed by atoms with Crippen LogP contribution in [0, 0.1) is 6.92 Å². The van der Waals surface area contributed by atoms with E-state index in [0.717, 1.165) is 28.8 Å². The number of rotatable bonds is 6. The van der Waals surface area contributed by atoms with Gasteiger partial charge in [-0.3, -0.25) is 4.79 Å². The number of benzene rings is 2. The van der Waals surface area contributed by atoms with E-state index in [-0.39, 0.29) is 5.91 Å².